The first-order valence-corrected chi connectivity index (χ1v) is 16.8. The average molecular weight is 667 g/mol. The van der Waals surface area contributed by atoms with Gasteiger partial charge in [0.1, 0.15) is 17.8 Å². The molecule has 0 unspecified atom stereocenters. The lowest BCUT2D eigenvalue weighted by Crippen LogP contribution is -2.52. The third-order valence-corrected chi connectivity index (χ3v) is 9.81. The summed E-state index contributed by atoms with van der Waals surface area (Å²) in [5.41, 5.74) is 16.7. The number of aromatic nitrogens is 3. The number of carbonyl (C=O) groups is 4. The number of rotatable bonds is 10. The van der Waals surface area contributed by atoms with Gasteiger partial charge < -0.3 is 32.1 Å². The molecule has 256 valence electrons. The number of imidazole rings is 1. The van der Waals surface area contributed by atoms with E-state index in [1.807, 2.05) is 31.2 Å². The SMILES string of the molecule is Cc1cc(C(=O)N[C@@H]2CCCNC2=O)ncc1-c1ccc(C[C@@H](C(N)=O)N(C(=O)C2CCC(CN)CC2)c2ccc3[nH]c(=O)[nH]c3c2)cc1. The molecule has 2 atom stereocenters. The molecule has 13 heteroatoms. The summed E-state index contributed by atoms with van der Waals surface area (Å²) in [6.07, 6.45) is 6.21. The number of nitrogens with one attached hydrogen (secondary N) is 4. The van der Waals surface area contributed by atoms with Crippen LogP contribution in [0.5, 0.6) is 0 Å². The first-order valence-electron chi connectivity index (χ1n) is 16.8. The third kappa shape index (κ3) is 7.41. The zero-order valence-corrected chi connectivity index (χ0v) is 27.5. The molecule has 1 saturated heterocycles. The van der Waals surface area contributed by atoms with Crippen molar-refractivity contribution >= 4 is 40.3 Å². The maximum atomic E-state index is 14.2. The van der Waals surface area contributed by atoms with E-state index in [1.165, 1.54) is 4.90 Å². The number of aromatic amines is 2. The number of amides is 4. The van der Waals surface area contributed by atoms with Crippen LogP contribution in [0.2, 0.25) is 0 Å². The van der Waals surface area contributed by atoms with Gasteiger partial charge in [0, 0.05) is 36.3 Å². The summed E-state index contributed by atoms with van der Waals surface area (Å²) in [6.45, 7) is 3.08. The summed E-state index contributed by atoms with van der Waals surface area (Å²) in [5.74, 6) is -1.32. The molecule has 2 aliphatic rings. The Labute approximate surface area is 283 Å². The van der Waals surface area contributed by atoms with Gasteiger partial charge in [0.25, 0.3) is 5.91 Å². The maximum Gasteiger partial charge on any atom is 0.323 e. The topological polar surface area (TPSA) is 209 Å². The number of H-pyrrole nitrogens is 2. The molecule has 6 rings (SSSR count). The van der Waals surface area contributed by atoms with Crippen molar-refractivity contribution in [1.29, 1.82) is 0 Å². The number of nitrogens with zero attached hydrogens (tertiary/aromatic N) is 2. The highest BCUT2D eigenvalue weighted by molar-refractivity contribution is 6.03. The molecule has 0 radical (unpaired) electrons. The predicted molar refractivity (Wildman–Crippen MR) is 186 cm³/mol. The van der Waals surface area contributed by atoms with Gasteiger partial charge in [0.2, 0.25) is 17.7 Å². The lowest BCUT2D eigenvalue weighted by atomic mass is 9.81. The van der Waals surface area contributed by atoms with Gasteiger partial charge in [-0.3, -0.25) is 29.1 Å². The van der Waals surface area contributed by atoms with E-state index in [1.54, 1.807) is 30.5 Å². The molecule has 13 nitrogen and oxygen atoms in total. The summed E-state index contributed by atoms with van der Waals surface area (Å²) < 4.78 is 0. The molecular formula is C36H42N8O5. The summed E-state index contributed by atoms with van der Waals surface area (Å²) in [6, 6.07) is 12.8. The highest BCUT2D eigenvalue weighted by Crippen LogP contribution is 2.33. The lowest BCUT2D eigenvalue weighted by Gasteiger charge is -2.35. The van der Waals surface area contributed by atoms with E-state index in [0.717, 1.165) is 41.5 Å². The molecule has 0 bridgehead atoms. The summed E-state index contributed by atoms with van der Waals surface area (Å²) in [7, 11) is 0. The molecule has 8 N–H and O–H groups in total. The van der Waals surface area contributed by atoms with Crippen molar-refractivity contribution < 1.29 is 19.2 Å². The number of hydrogen-bond donors (Lipinski definition) is 6. The first kappa shape index (κ1) is 33.6. The van der Waals surface area contributed by atoms with Crippen molar-refractivity contribution in [2.75, 3.05) is 18.0 Å². The van der Waals surface area contributed by atoms with Crippen LogP contribution in [0, 0.1) is 18.8 Å². The Morgan fingerprint density at radius 1 is 0.980 bits per heavy atom. The van der Waals surface area contributed by atoms with Crippen molar-refractivity contribution in [3.8, 4) is 11.1 Å². The minimum Gasteiger partial charge on any atom is -0.368 e. The Kier molecular flexibility index (Phi) is 9.90. The smallest absolute Gasteiger partial charge is 0.323 e. The molecule has 4 aromatic rings. The van der Waals surface area contributed by atoms with Crippen LogP contribution in [0.3, 0.4) is 0 Å². The number of pyridine rings is 1. The van der Waals surface area contributed by atoms with Crippen LogP contribution in [0.1, 0.15) is 60.1 Å². The van der Waals surface area contributed by atoms with E-state index >= 15 is 0 Å². The second-order valence-corrected chi connectivity index (χ2v) is 13.1. The van der Waals surface area contributed by atoms with Crippen LogP contribution in [0.4, 0.5) is 5.69 Å². The summed E-state index contributed by atoms with van der Waals surface area (Å²) in [5, 5.41) is 5.53. The van der Waals surface area contributed by atoms with Gasteiger partial charge in [-0.1, -0.05) is 24.3 Å². The molecule has 3 heterocycles. The average Bonchev–Trinajstić information content (AvgIpc) is 3.48. The largest absolute Gasteiger partial charge is 0.368 e. The van der Waals surface area contributed by atoms with Gasteiger partial charge >= 0.3 is 5.69 Å². The number of aryl methyl sites for hydroxylation is 1. The molecule has 49 heavy (non-hydrogen) atoms. The number of fused-ring (bicyclic) bond motifs is 1. The van der Waals surface area contributed by atoms with Crippen molar-refractivity contribution in [2.24, 2.45) is 23.3 Å². The highest BCUT2D eigenvalue weighted by atomic mass is 16.2. The summed E-state index contributed by atoms with van der Waals surface area (Å²) in [4.78, 5) is 75.5. The fourth-order valence-electron chi connectivity index (χ4n) is 6.96. The maximum absolute atomic E-state index is 14.2. The fraction of sp³-hybridized carbons (Fsp3) is 0.389. The number of nitrogens with two attached hydrogens (primary N) is 2. The van der Waals surface area contributed by atoms with E-state index in [9.17, 15) is 24.0 Å². The highest BCUT2D eigenvalue weighted by Gasteiger charge is 2.36. The number of piperidine rings is 1. The predicted octanol–water partition coefficient (Wildman–Crippen LogP) is 2.43. The van der Waals surface area contributed by atoms with E-state index < -0.39 is 23.9 Å². The van der Waals surface area contributed by atoms with Crippen molar-refractivity contribution in [3.63, 3.8) is 0 Å². The minimum atomic E-state index is -0.985. The zero-order valence-electron chi connectivity index (χ0n) is 27.5. The third-order valence-electron chi connectivity index (χ3n) is 9.81. The second-order valence-electron chi connectivity index (χ2n) is 13.1. The molecule has 0 spiro atoms. The Morgan fingerprint density at radius 2 is 1.71 bits per heavy atom. The van der Waals surface area contributed by atoms with Gasteiger partial charge in [-0.2, -0.15) is 0 Å². The molecule has 2 fully saturated rings. The van der Waals surface area contributed by atoms with E-state index in [0.29, 0.717) is 55.0 Å². The quantitative estimate of drug-likeness (QED) is 0.149. The van der Waals surface area contributed by atoms with Gasteiger partial charge in [-0.25, -0.2) is 4.79 Å². The van der Waals surface area contributed by atoms with Crippen LogP contribution in [0.15, 0.2) is 59.5 Å². The fourth-order valence-corrected chi connectivity index (χ4v) is 6.96. The Bertz CT molecular complexity index is 1930. The molecule has 1 aliphatic carbocycles. The Balaban J connectivity index is 1.23. The second kappa shape index (κ2) is 14.4. The van der Waals surface area contributed by atoms with Crippen LogP contribution in [-0.2, 0) is 20.8 Å². The number of primary amides is 1. The van der Waals surface area contributed by atoms with Crippen LogP contribution < -0.4 is 32.7 Å². The molecule has 1 saturated carbocycles. The van der Waals surface area contributed by atoms with E-state index in [-0.39, 0.29) is 35.5 Å². The zero-order chi connectivity index (χ0) is 34.7. The van der Waals surface area contributed by atoms with Gasteiger partial charge in [0.15, 0.2) is 0 Å². The van der Waals surface area contributed by atoms with E-state index in [2.05, 4.69) is 25.6 Å². The number of hydrogen-bond acceptors (Lipinski definition) is 7. The minimum absolute atomic E-state index is 0.173. The van der Waals surface area contributed by atoms with Crippen molar-refractivity contribution in [1.82, 2.24) is 25.6 Å². The van der Waals surface area contributed by atoms with Crippen LogP contribution >= 0.6 is 0 Å². The Morgan fingerprint density at radius 3 is 2.39 bits per heavy atom. The van der Waals surface area contributed by atoms with Gasteiger partial charge in [-0.15, -0.1) is 0 Å². The molecule has 2 aromatic heterocycles. The van der Waals surface area contributed by atoms with Gasteiger partial charge in [0.05, 0.1) is 11.0 Å². The number of anilines is 1. The monoisotopic (exact) mass is 666 g/mol. The standard InChI is InChI=1S/C36H42N8O5/c1-20-15-30(34(47)41-28-3-2-14-39-33(28)46)40-19-26(20)23-8-4-21(5-9-23)16-31(32(38)45)44(35(48)24-10-6-22(18-37)7-11-24)25-12-13-27-29(17-25)43-36(49)42-27/h4-5,8-9,12-13,15,17,19,22,24,28,31H,2-3,6-7,10-11,14,16,18,37H2,1H3,(H2,38,45)(H,39,46)(H,41,47)(H2,42,43,49)/t22?,24?,28-,31+/m1/s1. The van der Waals surface area contributed by atoms with Crippen molar-refractivity contribution in [3.05, 3.63) is 82.0 Å². The molecule has 4 amide bonds. The van der Waals surface area contributed by atoms with Gasteiger partial charge in [-0.05, 0) is 98.9 Å². The normalized spacial score (nSPS) is 20.0. The Hall–Kier alpha value is -5.30. The van der Waals surface area contributed by atoms with Crippen LogP contribution in [-0.4, -0.2) is 63.8 Å². The van der Waals surface area contributed by atoms with Crippen molar-refractivity contribution in [2.45, 2.75) is 64.0 Å². The molecular weight excluding hydrogens is 624 g/mol. The van der Waals surface area contributed by atoms with E-state index in [4.69, 9.17) is 11.5 Å². The van der Waals surface area contributed by atoms with Crippen LogP contribution in [0.25, 0.3) is 22.2 Å². The number of benzene rings is 2. The number of carbonyl (C=O) groups excluding carboxylic acids is 4. The molecule has 1 aliphatic heterocycles. The first-order chi connectivity index (χ1) is 23.6. The summed E-state index contributed by atoms with van der Waals surface area (Å²) >= 11 is 0. The lowest BCUT2D eigenvalue weighted by molar-refractivity contribution is -0.127. The molecule has 2 aromatic carbocycles.